The van der Waals surface area contributed by atoms with Crippen LogP contribution in [0, 0.1) is 0 Å². The summed E-state index contributed by atoms with van der Waals surface area (Å²) in [4.78, 5) is 0. The number of fused-ring (bicyclic) bond motifs is 10. The highest BCUT2D eigenvalue weighted by Gasteiger charge is 2.22. The maximum atomic E-state index is 6.65. The van der Waals surface area contributed by atoms with E-state index in [0.29, 0.717) is 0 Å². The van der Waals surface area contributed by atoms with Crippen molar-refractivity contribution >= 4 is 77.6 Å². The van der Waals surface area contributed by atoms with E-state index in [1.165, 1.54) is 60.0 Å². The molecule has 8 aromatic carbocycles. The number of rotatable bonds is 3. The molecule has 0 bridgehead atoms. The van der Waals surface area contributed by atoms with Gasteiger partial charge in [-0.15, -0.1) is 0 Å². The van der Waals surface area contributed by atoms with Crippen LogP contribution in [0.1, 0.15) is 12.8 Å². The van der Waals surface area contributed by atoms with E-state index >= 15 is 0 Å². The molecule has 0 amide bonds. The first kappa shape index (κ1) is 27.6. The van der Waals surface area contributed by atoms with Gasteiger partial charge in [0.1, 0.15) is 22.3 Å². The molecule has 0 saturated heterocycles. The van der Waals surface area contributed by atoms with Crippen molar-refractivity contribution in [2.45, 2.75) is 12.8 Å². The Kier molecular flexibility index (Phi) is 5.82. The standard InChI is InChI=1S/C48H30O2/c1-2-13-29(14-3-1)30-15-12-16-31(25-30)46-34-19-4-6-21-36(34)47(37-22-7-5-20-35(37)46)40-27-41-33-18-9-11-24-44(33)50-48(41)42-28-45-39(26-38(40)42)32-17-8-10-23-43(32)49-45/h1-4,6,8-28H,5,7H2. The molecule has 0 atom stereocenters. The fraction of sp³-hybridized carbons (Fsp3) is 0.0417. The van der Waals surface area contributed by atoms with Gasteiger partial charge in [-0.1, -0.05) is 121 Å². The first-order chi connectivity index (χ1) is 24.8. The van der Waals surface area contributed by atoms with Gasteiger partial charge in [-0.25, -0.2) is 0 Å². The third kappa shape index (κ3) is 3.96. The summed E-state index contributed by atoms with van der Waals surface area (Å²) in [7, 11) is 0. The van der Waals surface area contributed by atoms with Gasteiger partial charge in [-0.3, -0.25) is 0 Å². The third-order valence-electron chi connectivity index (χ3n) is 10.7. The lowest BCUT2D eigenvalue weighted by Gasteiger charge is -2.19. The van der Waals surface area contributed by atoms with Crippen LogP contribution in [0.4, 0.5) is 0 Å². The summed E-state index contributed by atoms with van der Waals surface area (Å²) in [5.41, 5.74) is 11.1. The summed E-state index contributed by atoms with van der Waals surface area (Å²) >= 11 is 0. The second-order valence-electron chi connectivity index (χ2n) is 13.4. The van der Waals surface area contributed by atoms with Gasteiger partial charge in [0.05, 0.1) is 0 Å². The van der Waals surface area contributed by atoms with Gasteiger partial charge in [0.25, 0.3) is 0 Å². The van der Waals surface area contributed by atoms with Crippen LogP contribution in [-0.2, 0) is 0 Å². The quantitative estimate of drug-likeness (QED) is 0.192. The third-order valence-corrected chi connectivity index (χ3v) is 10.7. The molecule has 0 spiro atoms. The summed E-state index contributed by atoms with van der Waals surface area (Å²) < 4.78 is 13.1. The van der Waals surface area contributed by atoms with Gasteiger partial charge in [0, 0.05) is 26.9 Å². The van der Waals surface area contributed by atoms with Gasteiger partial charge in [-0.05, 0) is 109 Å². The smallest absolute Gasteiger partial charge is 0.143 e. The SMILES string of the molecule is C1=c2c(-c3cccc(-c4ccccc4)c3)c3ccccc3c(-c3cc4c5ccccc5oc4c4cc5oc6ccccc6c5cc34)c2=CCC1. The van der Waals surface area contributed by atoms with Crippen LogP contribution >= 0.6 is 0 Å². The highest BCUT2D eigenvalue weighted by molar-refractivity contribution is 6.24. The van der Waals surface area contributed by atoms with Gasteiger partial charge in [0.2, 0.25) is 0 Å². The second-order valence-corrected chi connectivity index (χ2v) is 13.4. The Morgan fingerprint density at radius 1 is 0.340 bits per heavy atom. The topological polar surface area (TPSA) is 26.3 Å². The number of furan rings is 2. The van der Waals surface area contributed by atoms with E-state index < -0.39 is 0 Å². The molecule has 0 aliphatic heterocycles. The largest absolute Gasteiger partial charge is 0.456 e. The second kappa shape index (κ2) is 10.6. The molecule has 234 valence electrons. The first-order valence-electron chi connectivity index (χ1n) is 17.4. The molecular weight excluding hydrogens is 609 g/mol. The fourth-order valence-corrected chi connectivity index (χ4v) is 8.46. The molecule has 2 nitrogen and oxygen atoms in total. The van der Waals surface area contributed by atoms with Crippen LogP contribution in [0.15, 0.2) is 154 Å². The van der Waals surface area contributed by atoms with E-state index in [-0.39, 0.29) is 0 Å². The Bertz CT molecular complexity index is 3140. The average molecular weight is 639 g/mol. The molecule has 2 aromatic heterocycles. The monoisotopic (exact) mass is 638 g/mol. The van der Waals surface area contributed by atoms with E-state index in [1.807, 2.05) is 12.1 Å². The Balaban J connectivity index is 1.30. The van der Waals surface area contributed by atoms with Crippen molar-refractivity contribution in [3.8, 4) is 33.4 Å². The van der Waals surface area contributed by atoms with Gasteiger partial charge >= 0.3 is 0 Å². The molecule has 1 aliphatic carbocycles. The van der Waals surface area contributed by atoms with Crippen molar-refractivity contribution in [1.82, 2.24) is 0 Å². The molecular formula is C48H30O2. The van der Waals surface area contributed by atoms with Crippen molar-refractivity contribution < 1.29 is 8.83 Å². The number of hydrogen-bond donors (Lipinski definition) is 0. The molecule has 10 aromatic rings. The fourth-order valence-electron chi connectivity index (χ4n) is 8.46. The maximum absolute atomic E-state index is 6.65. The van der Waals surface area contributed by atoms with Gasteiger partial charge in [-0.2, -0.15) is 0 Å². The summed E-state index contributed by atoms with van der Waals surface area (Å²) in [6.45, 7) is 0. The zero-order chi connectivity index (χ0) is 32.8. The summed E-state index contributed by atoms with van der Waals surface area (Å²) in [5, 5.41) is 11.9. The van der Waals surface area contributed by atoms with Crippen molar-refractivity contribution in [3.05, 3.63) is 156 Å². The summed E-state index contributed by atoms with van der Waals surface area (Å²) in [5.74, 6) is 0. The lowest BCUT2D eigenvalue weighted by Crippen LogP contribution is -2.31. The first-order valence-corrected chi connectivity index (χ1v) is 17.4. The van der Waals surface area contributed by atoms with E-state index in [4.69, 9.17) is 8.83 Å². The van der Waals surface area contributed by atoms with Crippen LogP contribution in [-0.4, -0.2) is 0 Å². The Morgan fingerprint density at radius 2 is 0.920 bits per heavy atom. The van der Waals surface area contributed by atoms with Gasteiger partial charge < -0.3 is 8.83 Å². The normalized spacial score (nSPS) is 13.0. The molecule has 0 radical (unpaired) electrons. The van der Waals surface area contributed by atoms with E-state index in [0.717, 1.165) is 62.1 Å². The molecule has 2 heteroatoms. The highest BCUT2D eigenvalue weighted by atomic mass is 16.3. The minimum Gasteiger partial charge on any atom is -0.456 e. The highest BCUT2D eigenvalue weighted by Crippen LogP contribution is 2.44. The van der Waals surface area contributed by atoms with E-state index in [2.05, 4.69) is 146 Å². The van der Waals surface area contributed by atoms with Crippen LogP contribution < -0.4 is 10.4 Å². The summed E-state index contributed by atoms with van der Waals surface area (Å²) in [6.07, 6.45) is 6.96. The van der Waals surface area contributed by atoms with Crippen molar-refractivity contribution in [1.29, 1.82) is 0 Å². The predicted octanol–water partition coefficient (Wildman–Crippen LogP) is 12.1. The minimum atomic E-state index is 0.873. The Hall–Kier alpha value is -6.38. The zero-order valence-corrected chi connectivity index (χ0v) is 27.2. The number of benzene rings is 8. The lowest BCUT2D eigenvalue weighted by atomic mass is 9.84. The Morgan fingerprint density at radius 3 is 1.70 bits per heavy atom. The average Bonchev–Trinajstić information content (AvgIpc) is 3.74. The van der Waals surface area contributed by atoms with E-state index in [9.17, 15) is 0 Å². The molecule has 50 heavy (non-hydrogen) atoms. The molecule has 0 fully saturated rings. The van der Waals surface area contributed by atoms with Crippen molar-refractivity contribution in [2.75, 3.05) is 0 Å². The van der Waals surface area contributed by atoms with E-state index in [1.54, 1.807) is 0 Å². The summed E-state index contributed by atoms with van der Waals surface area (Å²) in [6, 6.07) is 52.4. The zero-order valence-electron chi connectivity index (χ0n) is 27.2. The molecule has 2 heterocycles. The predicted molar refractivity (Wildman–Crippen MR) is 210 cm³/mol. The molecule has 0 saturated carbocycles. The van der Waals surface area contributed by atoms with Crippen molar-refractivity contribution in [2.24, 2.45) is 0 Å². The van der Waals surface area contributed by atoms with Gasteiger partial charge in [0.15, 0.2) is 0 Å². The van der Waals surface area contributed by atoms with Crippen LogP contribution in [0.3, 0.4) is 0 Å². The molecule has 0 unspecified atom stereocenters. The number of hydrogen-bond acceptors (Lipinski definition) is 2. The number of para-hydroxylation sites is 2. The minimum absolute atomic E-state index is 0.873. The molecule has 11 rings (SSSR count). The van der Waals surface area contributed by atoms with Crippen LogP contribution in [0.5, 0.6) is 0 Å². The van der Waals surface area contributed by atoms with Crippen LogP contribution in [0.2, 0.25) is 0 Å². The molecule has 1 aliphatic rings. The maximum Gasteiger partial charge on any atom is 0.143 e. The lowest BCUT2D eigenvalue weighted by molar-refractivity contribution is 0.667. The Labute approximate surface area is 287 Å². The molecule has 0 N–H and O–H groups in total. The van der Waals surface area contributed by atoms with Crippen molar-refractivity contribution in [3.63, 3.8) is 0 Å². The van der Waals surface area contributed by atoms with Crippen LogP contribution in [0.25, 0.3) is 111 Å².